The third-order valence-electron chi connectivity index (χ3n) is 19.2. The Balaban J connectivity index is 5.25. The second-order valence-electron chi connectivity index (χ2n) is 30.4. The van der Waals surface area contributed by atoms with E-state index >= 15 is 0 Å². The molecular weight excluding hydrogens is 1310 g/mol. The van der Waals surface area contributed by atoms with Crippen molar-refractivity contribution in [3.05, 3.63) is 0 Å². The fraction of sp³-hybridized carbons (Fsp3) is 0.951. The molecule has 0 aliphatic heterocycles. The van der Waals surface area contributed by atoms with E-state index in [-0.39, 0.29) is 25.7 Å². The molecular formula is C81H158O17P2. The summed E-state index contributed by atoms with van der Waals surface area (Å²) in [7, 11) is -9.92. The van der Waals surface area contributed by atoms with Gasteiger partial charge in [-0.3, -0.25) is 37.3 Å². The van der Waals surface area contributed by atoms with Gasteiger partial charge in [-0.25, -0.2) is 9.13 Å². The van der Waals surface area contributed by atoms with Crippen LogP contribution in [0.1, 0.15) is 421 Å². The molecule has 3 N–H and O–H groups in total. The molecule has 594 valence electrons. The van der Waals surface area contributed by atoms with Gasteiger partial charge in [0.25, 0.3) is 0 Å². The van der Waals surface area contributed by atoms with E-state index in [1.165, 1.54) is 231 Å². The number of unbranched alkanes of at least 4 members (excludes halogenated alkanes) is 46. The molecule has 3 unspecified atom stereocenters. The molecule has 0 bridgehead atoms. The average Bonchev–Trinajstić information content (AvgIpc) is 0.927. The van der Waals surface area contributed by atoms with Crippen molar-refractivity contribution in [2.75, 3.05) is 39.6 Å². The predicted octanol–water partition coefficient (Wildman–Crippen LogP) is 24.1. The van der Waals surface area contributed by atoms with E-state index in [9.17, 15) is 43.2 Å². The maximum atomic E-state index is 13.1. The number of aliphatic hydroxyl groups excluding tert-OH is 1. The monoisotopic (exact) mass is 1470 g/mol. The van der Waals surface area contributed by atoms with Gasteiger partial charge in [-0.2, -0.15) is 0 Å². The molecule has 0 amide bonds. The standard InChI is InChI=1S/C81H158O17P2/c1-8-10-11-12-13-14-15-16-17-18-19-20-24-27-33-41-48-55-62-78(83)91-68-76(97-80(85)64-57-50-43-34-28-25-22-21-23-26-32-40-47-54-61-74(7)9-2)70-95-99(87,88)93-66-75(82)67-94-100(89,90)96-71-77(69-92-79(84)63-56-49-42-37-36-39-46-53-60-73(5)6)98-81(86)65-58-51-44-35-30-29-31-38-45-52-59-72(3)4/h72-77,82H,8-71H2,1-7H3,(H,87,88)(H,89,90)/t74?,75-,76-,77-/m1/s1. The number of hydrogen-bond acceptors (Lipinski definition) is 15. The largest absolute Gasteiger partial charge is 0.472 e. The Kier molecular flexibility index (Phi) is 69.9. The summed E-state index contributed by atoms with van der Waals surface area (Å²) in [5.41, 5.74) is 0. The number of carbonyl (C=O) groups is 4. The lowest BCUT2D eigenvalue weighted by atomic mass is 9.99. The highest BCUT2D eigenvalue weighted by molar-refractivity contribution is 7.47. The molecule has 0 saturated heterocycles. The van der Waals surface area contributed by atoms with Crippen molar-refractivity contribution in [2.45, 2.75) is 439 Å². The number of phosphoric acid groups is 2. The molecule has 6 atom stereocenters. The first-order chi connectivity index (χ1) is 48.3. The summed E-state index contributed by atoms with van der Waals surface area (Å²) < 4.78 is 68.7. The number of rotatable bonds is 79. The summed E-state index contributed by atoms with van der Waals surface area (Å²) in [6.45, 7) is 11.9. The van der Waals surface area contributed by atoms with Crippen molar-refractivity contribution < 1.29 is 80.2 Å². The van der Waals surface area contributed by atoms with Crippen LogP contribution in [0, 0.1) is 17.8 Å². The Morgan fingerprint density at radius 2 is 0.510 bits per heavy atom. The van der Waals surface area contributed by atoms with E-state index in [1.54, 1.807) is 0 Å². The van der Waals surface area contributed by atoms with E-state index in [4.69, 9.17) is 37.0 Å². The number of aliphatic hydroxyl groups is 1. The first-order valence-electron chi connectivity index (χ1n) is 41.9. The number of ether oxygens (including phenoxy) is 4. The van der Waals surface area contributed by atoms with Crippen LogP contribution in [0.3, 0.4) is 0 Å². The minimum absolute atomic E-state index is 0.105. The van der Waals surface area contributed by atoms with Crippen LogP contribution in [0.25, 0.3) is 0 Å². The zero-order valence-electron chi connectivity index (χ0n) is 65.7. The van der Waals surface area contributed by atoms with Crippen LogP contribution in [0.4, 0.5) is 0 Å². The smallest absolute Gasteiger partial charge is 0.462 e. The predicted molar refractivity (Wildman–Crippen MR) is 409 cm³/mol. The van der Waals surface area contributed by atoms with E-state index < -0.39 is 97.5 Å². The Morgan fingerprint density at radius 3 is 0.760 bits per heavy atom. The van der Waals surface area contributed by atoms with Crippen LogP contribution in [0.5, 0.6) is 0 Å². The summed E-state index contributed by atoms with van der Waals surface area (Å²) in [4.78, 5) is 73.0. The number of carbonyl (C=O) groups excluding carboxylic acids is 4. The highest BCUT2D eigenvalue weighted by Gasteiger charge is 2.30. The van der Waals surface area contributed by atoms with Crippen LogP contribution < -0.4 is 0 Å². The summed E-state index contributed by atoms with van der Waals surface area (Å²) in [6.07, 6.45) is 59.6. The lowest BCUT2D eigenvalue weighted by molar-refractivity contribution is -0.161. The number of phosphoric ester groups is 2. The molecule has 0 spiro atoms. The van der Waals surface area contributed by atoms with Gasteiger partial charge in [-0.15, -0.1) is 0 Å². The molecule has 0 saturated carbocycles. The van der Waals surface area contributed by atoms with E-state index in [0.717, 1.165) is 108 Å². The fourth-order valence-corrected chi connectivity index (χ4v) is 14.0. The van der Waals surface area contributed by atoms with Crippen LogP contribution in [-0.4, -0.2) is 96.7 Å². The molecule has 0 aliphatic carbocycles. The molecule has 0 radical (unpaired) electrons. The van der Waals surface area contributed by atoms with Crippen molar-refractivity contribution in [1.82, 2.24) is 0 Å². The van der Waals surface area contributed by atoms with Crippen molar-refractivity contribution in [1.29, 1.82) is 0 Å². The number of esters is 4. The molecule has 0 rings (SSSR count). The SMILES string of the molecule is CCCCCCCCCCCCCCCCCCCCC(=O)OC[C@H](COP(=O)(O)OC[C@@H](O)COP(=O)(O)OC[C@@H](COC(=O)CCCCCCCCCCC(C)C)OC(=O)CCCCCCCCCCCCC(C)C)OC(=O)CCCCCCCCCCCCCCCCC(C)CC. The fourth-order valence-electron chi connectivity index (χ4n) is 12.5. The van der Waals surface area contributed by atoms with Crippen LogP contribution in [0.15, 0.2) is 0 Å². The molecule has 0 heterocycles. The zero-order valence-corrected chi connectivity index (χ0v) is 67.5. The summed E-state index contributed by atoms with van der Waals surface area (Å²) >= 11 is 0. The molecule has 0 aromatic rings. The molecule has 100 heavy (non-hydrogen) atoms. The van der Waals surface area contributed by atoms with Gasteiger partial charge in [0.1, 0.15) is 19.3 Å². The Hall–Kier alpha value is -1.94. The van der Waals surface area contributed by atoms with E-state index in [0.29, 0.717) is 25.7 Å². The first-order valence-corrected chi connectivity index (χ1v) is 44.9. The first kappa shape index (κ1) is 98.1. The highest BCUT2D eigenvalue weighted by Crippen LogP contribution is 2.45. The van der Waals surface area contributed by atoms with Crippen LogP contribution in [-0.2, 0) is 65.4 Å². The molecule has 0 aromatic carbocycles. The van der Waals surface area contributed by atoms with Gasteiger partial charge in [-0.1, -0.05) is 370 Å². The van der Waals surface area contributed by atoms with Gasteiger partial charge in [-0.05, 0) is 43.4 Å². The maximum absolute atomic E-state index is 13.1. The van der Waals surface area contributed by atoms with Crippen LogP contribution in [0.2, 0.25) is 0 Å². The molecule has 19 heteroatoms. The van der Waals surface area contributed by atoms with Crippen molar-refractivity contribution in [3.8, 4) is 0 Å². The molecule has 17 nitrogen and oxygen atoms in total. The zero-order chi connectivity index (χ0) is 73.7. The quantitative estimate of drug-likeness (QED) is 0.0222. The Labute approximate surface area is 613 Å². The minimum Gasteiger partial charge on any atom is -0.462 e. The second kappa shape index (κ2) is 71.3. The molecule has 0 aromatic heterocycles. The van der Waals surface area contributed by atoms with Crippen molar-refractivity contribution in [2.24, 2.45) is 17.8 Å². The summed E-state index contributed by atoms with van der Waals surface area (Å²) in [5.74, 6) is 0.213. The summed E-state index contributed by atoms with van der Waals surface area (Å²) in [6, 6.07) is 0. The second-order valence-corrected chi connectivity index (χ2v) is 33.3. The van der Waals surface area contributed by atoms with Crippen molar-refractivity contribution in [3.63, 3.8) is 0 Å². The summed E-state index contributed by atoms with van der Waals surface area (Å²) in [5, 5.41) is 10.6. The van der Waals surface area contributed by atoms with Crippen molar-refractivity contribution >= 4 is 39.5 Å². The maximum Gasteiger partial charge on any atom is 0.472 e. The number of hydrogen-bond donors (Lipinski definition) is 3. The lowest BCUT2D eigenvalue weighted by Crippen LogP contribution is -2.30. The molecule has 0 fully saturated rings. The normalized spacial score (nSPS) is 14.2. The lowest BCUT2D eigenvalue weighted by Gasteiger charge is -2.21. The van der Waals surface area contributed by atoms with Gasteiger partial charge < -0.3 is 33.8 Å². The Bertz CT molecular complexity index is 1940. The van der Waals surface area contributed by atoms with E-state index in [2.05, 4.69) is 48.5 Å². The minimum atomic E-state index is -4.96. The van der Waals surface area contributed by atoms with E-state index in [1.807, 2.05) is 0 Å². The highest BCUT2D eigenvalue weighted by atomic mass is 31.2. The van der Waals surface area contributed by atoms with Gasteiger partial charge >= 0.3 is 39.5 Å². The third-order valence-corrected chi connectivity index (χ3v) is 21.1. The topological polar surface area (TPSA) is 237 Å². The third kappa shape index (κ3) is 73.0. The van der Waals surface area contributed by atoms with Gasteiger partial charge in [0.15, 0.2) is 12.2 Å². The average molecular weight is 1470 g/mol. The van der Waals surface area contributed by atoms with Gasteiger partial charge in [0, 0.05) is 25.7 Å². The molecule has 0 aliphatic rings. The van der Waals surface area contributed by atoms with Crippen LogP contribution >= 0.6 is 15.6 Å². The Morgan fingerprint density at radius 1 is 0.290 bits per heavy atom. The van der Waals surface area contributed by atoms with Gasteiger partial charge in [0.05, 0.1) is 26.4 Å². The van der Waals surface area contributed by atoms with Gasteiger partial charge in [0.2, 0.25) is 0 Å².